The quantitative estimate of drug-likeness (QED) is 0.453. The number of rotatable bonds is 1. The first kappa shape index (κ1) is 9.08. The molecular formula is C9H12O3. The van der Waals surface area contributed by atoms with Gasteiger partial charge in [-0.15, -0.1) is 6.42 Å². The van der Waals surface area contributed by atoms with E-state index in [0.29, 0.717) is 12.8 Å². The molecule has 1 rings (SSSR count). The largest absolute Gasteiger partial charge is 0.469 e. The van der Waals surface area contributed by atoms with Crippen molar-refractivity contribution in [3.8, 4) is 12.3 Å². The van der Waals surface area contributed by atoms with Crippen LogP contribution in [0.3, 0.4) is 0 Å². The van der Waals surface area contributed by atoms with Crippen LogP contribution in [0.1, 0.15) is 19.8 Å². The predicted molar refractivity (Wildman–Crippen MR) is 43.1 cm³/mol. The number of esters is 1. The van der Waals surface area contributed by atoms with E-state index in [9.17, 15) is 9.90 Å². The fourth-order valence-corrected chi connectivity index (χ4v) is 1.73. The van der Waals surface area contributed by atoms with E-state index < -0.39 is 11.0 Å². The topological polar surface area (TPSA) is 46.5 Å². The van der Waals surface area contributed by atoms with Crippen molar-refractivity contribution in [1.82, 2.24) is 0 Å². The van der Waals surface area contributed by atoms with Crippen LogP contribution in [0.2, 0.25) is 0 Å². The van der Waals surface area contributed by atoms with Crippen molar-refractivity contribution in [3.05, 3.63) is 0 Å². The Morgan fingerprint density at radius 1 is 1.67 bits per heavy atom. The summed E-state index contributed by atoms with van der Waals surface area (Å²) in [5, 5.41) is 9.45. The molecular weight excluding hydrogens is 156 g/mol. The highest BCUT2D eigenvalue weighted by molar-refractivity contribution is 5.78. The van der Waals surface area contributed by atoms with Crippen molar-refractivity contribution in [3.63, 3.8) is 0 Å². The summed E-state index contributed by atoms with van der Waals surface area (Å²) in [6.45, 7) is 1.74. The fourth-order valence-electron chi connectivity index (χ4n) is 1.73. The molecule has 0 aromatic heterocycles. The first-order valence-electron chi connectivity index (χ1n) is 3.74. The minimum atomic E-state index is -1.09. The van der Waals surface area contributed by atoms with Gasteiger partial charge in [0.15, 0.2) is 0 Å². The Bertz CT molecular complexity index is 243. The minimum Gasteiger partial charge on any atom is -0.469 e. The maximum absolute atomic E-state index is 11.1. The zero-order valence-corrected chi connectivity index (χ0v) is 7.26. The lowest BCUT2D eigenvalue weighted by atomic mass is 9.60. The summed E-state index contributed by atoms with van der Waals surface area (Å²) in [6.07, 6.45) is 5.67. The molecule has 0 atom stereocenters. The molecule has 1 saturated carbocycles. The predicted octanol–water partition coefficient (Wildman–Crippen LogP) is 0.324. The summed E-state index contributed by atoms with van der Waals surface area (Å²) in [4.78, 5) is 11.1. The molecule has 0 aliphatic heterocycles. The molecule has 0 heterocycles. The van der Waals surface area contributed by atoms with Gasteiger partial charge in [0.25, 0.3) is 0 Å². The van der Waals surface area contributed by atoms with E-state index >= 15 is 0 Å². The minimum absolute atomic E-state index is 0.295. The first-order chi connectivity index (χ1) is 5.46. The molecule has 3 nitrogen and oxygen atoms in total. The summed E-state index contributed by atoms with van der Waals surface area (Å²) in [7, 11) is 1.33. The van der Waals surface area contributed by atoms with Gasteiger partial charge in [-0.2, -0.15) is 0 Å². The number of terminal acetylenes is 1. The van der Waals surface area contributed by atoms with Gasteiger partial charge in [0.05, 0.1) is 12.5 Å². The Morgan fingerprint density at radius 3 is 2.50 bits per heavy atom. The van der Waals surface area contributed by atoms with Gasteiger partial charge in [0.1, 0.15) is 5.60 Å². The molecule has 0 bridgehead atoms. The maximum atomic E-state index is 11.1. The van der Waals surface area contributed by atoms with Crippen LogP contribution in [0.15, 0.2) is 0 Å². The van der Waals surface area contributed by atoms with E-state index in [4.69, 9.17) is 6.42 Å². The highest BCUT2D eigenvalue weighted by Crippen LogP contribution is 2.48. The van der Waals surface area contributed by atoms with Crippen LogP contribution < -0.4 is 0 Å². The Morgan fingerprint density at radius 2 is 2.17 bits per heavy atom. The number of carbonyl (C=O) groups is 1. The standard InChI is InChI=1S/C9H12O3/c1-4-9(11)5-8(2,6-9)7(10)12-3/h1,11H,5-6H2,2-3H3. The average Bonchev–Trinajstić information content (AvgIpc) is 2.00. The molecule has 66 valence electrons. The number of ether oxygens (including phenoxy) is 1. The van der Waals surface area contributed by atoms with Crippen molar-refractivity contribution in [1.29, 1.82) is 0 Å². The number of hydrogen-bond donors (Lipinski definition) is 1. The van der Waals surface area contributed by atoms with Crippen LogP contribution >= 0.6 is 0 Å². The summed E-state index contributed by atoms with van der Waals surface area (Å²) < 4.78 is 4.58. The van der Waals surface area contributed by atoms with Crippen LogP contribution in [0.25, 0.3) is 0 Å². The van der Waals surface area contributed by atoms with Gasteiger partial charge in [-0.25, -0.2) is 0 Å². The summed E-state index contributed by atoms with van der Waals surface area (Å²) >= 11 is 0. The highest BCUT2D eigenvalue weighted by Gasteiger charge is 2.55. The van der Waals surface area contributed by atoms with Crippen LogP contribution in [0, 0.1) is 17.8 Å². The van der Waals surface area contributed by atoms with Crippen molar-refractivity contribution >= 4 is 5.97 Å². The normalized spacial score (nSPS) is 39.5. The second kappa shape index (κ2) is 2.49. The zero-order chi connectivity index (χ0) is 9.41. The van der Waals surface area contributed by atoms with Crippen molar-refractivity contribution < 1.29 is 14.6 Å². The SMILES string of the molecule is C#CC1(O)CC(C)(C(=O)OC)C1. The molecule has 0 radical (unpaired) electrons. The fraction of sp³-hybridized carbons (Fsp3) is 0.667. The van der Waals surface area contributed by atoms with Crippen LogP contribution in [0.4, 0.5) is 0 Å². The molecule has 0 unspecified atom stereocenters. The third kappa shape index (κ3) is 1.19. The van der Waals surface area contributed by atoms with Gasteiger partial charge < -0.3 is 9.84 Å². The second-order valence-corrected chi connectivity index (χ2v) is 3.58. The van der Waals surface area contributed by atoms with Crippen LogP contribution in [-0.4, -0.2) is 23.8 Å². The van der Waals surface area contributed by atoms with Gasteiger partial charge >= 0.3 is 5.97 Å². The third-order valence-electron chi connectivity index (χ3n) is 2.31. The van der Waals surface area contributed by atoms with Gasteiger partial charge in [0.2, 0.25) is 0 Å². The first-order valence-corrected chi connectivity index (χ1v) is 3.74. The van der Waals surface area contributed by atoms with E-state index in [1.807, 2.05) is 0 Å². The number of methoxy groups -OCH3 is 1. The molecule has 3 heteroatoms. The van der Waals surface area contributed by atoms with Gasteiger partial charge in [-0.05, 0) is 6.92 Å². The van der Waals surface area contributed by atoms with E-state index in [-0.39, 0.29) is 5.97 Å². The van der Waals surface area contributed by atoms with E-state index in [1.54, 1.807) is 6.92 Å². The Balaban J connectivity index is 2.63. The Labute approximate surface area is 71.7 Å². The lowest BCUT2D eigenvalue weighted by molar-refractivity contribution is -0.171. The monoisotopic (exact) mass is 168 g/mol. The van der Waals surface area contributed by atoms with Crippen molar-refractivity contribution in [2.45, 2.75) is 25.4 Å². The van der Waals surface area contributed by atoms with Gasteiger partial charge in [-0.1, -0.05) is 5.92 Å². The Hall–Kier alpha value is -1.01. The van der Waals surface area contributed by atoms with Gasteiger partial charge in [0, 0.05) is 12.8 Å². The third-order valence-corrected chi connectivity index (χ3v) is 2.31. The summed E-state index contributed by atoms with van der Waals surface area (Å²) in [5.74, 6) is 1.96. The van der Waals surface area contributed by atoms with Crippen molar-refractivity contribution in [2.24, 2.45) is 5.41 Å². The molecule has 1 N–H and O–H groups in total. The molecule has 1 fully saturated rings. The number of hydrogen-bond acceptors (Lipinski definition) is 3. The smallest absolute Gasteiger partial charge is 0.311 e. The van der Waals surface area contributed by atoms with Crippen LogP contribution in [-0.2, 0) is 9.53 Å². The van der Waals surface area contributed by atoms with E-state index in [2.05, 4.69) is 10.7 Å². The summed E-state index contributed by atoms with van der Waals surface area (Å²) in [6, 6.07) is 0. The lowest BCUT2D eigenvalue weighted by Crippen LogP contribution is -2.53. The Kier molecular flexibility index (Phi) is 1.89. The molecule has 1 aliphatic rings. The molecule has 0 saturated heterocycles. The molecule has 0 aromatic rings. The van der Waals surface area contributed by atoms with Crippen molar-refractivity contribution in [2.75, 3.05) is 7.11 Å². The second-order valence-electron chi connectivity index (χ2n) is 3.58. The van der Waals surface area contributed by atoms with E-state index in [0.717, 1.165) is 0 Å². The van der Waals surface area contributed by atoms with E-state index in [1.165, 1.54) is 7.11 Å². The molecule has 0 amide bonds. The lowest BCUT2D eigenvalue weighted by Gasteiger charge is -2.46. The molecule has 0 aromatic carbocycles. The maximum Gasteiger partial charge on any atom is 0.311 e. The number of aliphatic hydroxyl groups is 1. The molecule has 12 heavy (non-hydrogen) atoms. The molecule has 0 spiro atoms. The molecule has 1 aliphatic carbocycles. The number of carbonyl (C=O) groups excluding carboxylic acids is 1. The summed E-state index contributed by atoms with van der Waals surface area (Å²) in [5.41, 5.74) is -1.68. The van der Waals surface area contributed by atoms with Crippen LogP contribution in [0.5, 0.6) is 0 Å². The van der Waals surface area contributed by atoms with Gasteiger partial charge in [-0.3, -0.25) is 4.79 Å². The highest BCUT2D eigenvalue weighted by atomic mass is 16.5. The zero-order valence-electron chi connectivity index (χ0n) is 7.26. The average molecular weight is 168 g/mol.